The molecule has 0 aromatic carbocycles. The van der Waals surface area contributed by atoms with E-state index in [2.05, 4.69) is 9.71 Å². The number of carbonyl (C=O) groups excluding carboxylic acids is 1. The Morgan fingerprint density at radius 3 is 2.53 bits per heavy atom. The van der Waals surface area contributed by atoms with Crippen LogP contribution >= 0.6 is 0 Å². The third kappa shape index (κ3) is 5.77. The summed E-state index contributed by atoms with van der Waals surface area (Å²) in [6.07, 6.45) is 3.59. The van der Waals surface area contributed by atoms with Crippen LogP contribution < -0.4 is 9.46 Å². The fourth-order valence-electron chi connectivity index (χ4n) is 5.12. The number of nitrogens with zero attached hydrogens (tertiary/aromatic N) is 2. The highest BCUT2D eigenvalue weighted by atomic mass is 32.2. The minimum atomic E-state index is -3.49. The maximum absolute atomic E-state index is 14.5. The smallest absolute Gasteiger partial charge is 0.410 e. The first-order valence-electron chi connectivity index (χ1n) is 11.6. The number of aromatic nitrogens is 1. The molecule has 34 heavy (non-hydrogen) atoms. The molecule has 1 saturated carbocycles. The summed E-state index contributed by atoms with van der Waals surface area (Å²) in [7, 11) is -3.49. The van der Waals surface area contributed by atoms with Crippen LogP contribution in [0.15, 0.2) is 6.07 Å². The third-order valence-corrected chi connectivity index (χ3v) is 7.44. The van der Waals surface area contributed by atoms with Gasteiger partial charge < -0.3 is 14.2 Å². The van der Waals surface area contributed by atoms with E-state index in [1.54, 1.807) is 0 Å². The average Bonchev–Trinajstić information content (AvgIpc) is 3.06. The molecule has 1 saturated heterocycles. The lowest BCUT2D eigenvalue weighted by atomic mass is 9.84. The molecular weight excluding hydrogens is 472 g/mol. The molecule has 4 aliphatic rings. The van der Waals surface area contributed by atoms with Crippen molar-refractivity contribution in [1.82, 2.24) is 14.6 Å². The fraction of sp³-hybridized carbons (Fsp3) is 0.727. The summed E-state index contributed by atoms with van der Waals surface area (Å²) in [5.74, 6) is -1.99. The molecule has 1 amide bonds. The van der Waals surface area contributed by atoms with Gasteiger partial charge in [0.25, 0.3) is 5.88 Å². The zero-order valence-electron chi connectivity index (χ0n) is 19.3. The molecule has 1 aromatic rings. The van der Waals surface area contributed by atoms with Gasteiger partial charge in [0.15, 0.2) is 5.82 Å². The molecule has 4 bridgehead atoms. The van der Waals surface area contributed by atoms with E-state index in [4.69, 9.17) is 14.2 Å². The first kappa shape index (κ1) is 25.1. The molecule has 12 heteroatoms. The second-order valence-electron chi connectivity index (χ2n) is 9.32. The van der Waals surface area contributed by atoms with Gasteiger partial charge in [0.1, 0.15) is 5.82 Å². The molecule has 1 aliphatic carbocycles. The van der Waals surface area contributed by atoms with E-state index < -0.39 is 39.8 Å². The standard InChI is InChI=1S/C22H31F2N3O6S/c1-13-10-18(26-34(2,29)30)19-12-33-15-6-4-14(5-7-15)20-16(23)11-17(24)21(25-20)31-8-3-9-32-22(28)27(13)19/h11,13-15,18-19,26H,3-10,12H2,1-2H3/t13?,14?,15?,18?,19-/m0/s1. The Morgan fingerprint density at radius 2 is 1.82 bits per heavy atom. The van der Waals surface area contributed by atoms with Gasteiger partial charge in [0, 0.05) is 30.5 Å². The van der Waals surface area contributed by atoms with E-state index in [1.807, 2.05) is 6.92 Å². The number of rotatable bonds is 2. The van der Waals surface area contributed by atoms with Gasteiger partial charge in [-0.25, -0.2) is 31.7 Å². The number of hydrogen-bond acceptors (Lipinski definition) is 7. The lowest BCUT2D eigenvalue weighted by Gasteiger charge is -2.33. The molecule has 5 rings (SSSR count). The van der Waals surface area contributed by atoms with Crippen LogP contribution in [0.4, 0.5) is 13.6 Å². The highest BCUT2D eigenvalue weighted by Gasteiger charge is 2.44. The number of carbonyl (C=O) groups is 1. The van der Waals surface area contributed by atoms with E-state index in [-0.39, 0.29) is 55.9 Å². The first-order valence-corrected chi connectivity index (χ1v) is 13.5. The third-order valence-electron chi connectivity index (χ3n) is 6.71. The fourth-order valence-corrected chi connectivity index (χ4v) is 5.93. The summed E-state index contributed by atoms with van der Waals surface area (Å²) in [4.78, 5) is 18.5. The summed E-state index contributed by atoms with van der Waals surface area (Å²) in [6.45, 7) is 2.04. The zero-order chi connectivity index (χ0) is 24.5. The van der Waals surface area contributed by atoms with Gasteiger partial charge in [0.05, 0.1) is 43.9 Å². The number of sulfonamides is 1. The molecule has 4 heterocycles. The number of ether oxygens (including phenoxy) is 3. The minimum Gasteiger partial charge on any atom is -0.475 e. The van der Waals surface area contributed by atoms with Crippen molar-refractivity contribution in [2.75, 3.05) is 26.1 Å². The van der Waals surface area contributed by atoms with Crippen molar-refractivity contribution in [2.45, 2.75) is 75.6 Å². The van der Waals surface area contributed by atoms with Crippen molar-refractivity contribution in [3.63, 3.8) is 0 Å². The summed E-state index contributed by atoms with van der Waals surface area (Å²) < 4.78 is 72.0. The van der Waals surface area contributed by atoms with Gasteiger partial charge in [-0.3, -0.25) is 4.90 Å². The SMILES string of the molecule is CC1CC(NS(C)(=O)=O)[C@@H]2COC3CCC(CC3)c3nc(c(F)cc3F)OCCCOC(=O)N12. The zero-order valence-corrected chi connectivity index (χ0v) is 20.2. The van der Waals surface area contributed by atoms with E-state index in [1.165, 1.54) is 4.90 Å². The Balaban J connectivity index is 1.55. The Morgan fingerprint density at radius 1 is 1.12 bits per heavy atom. The van der Waals surface area contributed by atoms with Crippen molar-refractivity contribution in [3.8, 4) is 5.88 Å². The van der Waals surface area contributed by atoms with Crippen LogP contribution in [0.3, 0.4) is 0 Å². The Kier molecular flexibility index (Phi) is 7.58. The van der Waals surface area contributed by atoms with E-state index in [0.717, 1.165) is 12.3 Å². The molecule has 1 aromatic heterocycles. The second-order valence-corrected chi connectivity index (χ2v) is 11.1. The second kappa shape index (κ2) is 10.3. The van der Waals surface area contributed by atoms with Crippen LogP contribution in [0.5, 0.6) is 5.88 Å². The van der Waals surface area contributed by atoms with E-state index in [0.29, 0.717) is 32.1 Å². The van der Waals surface area contributed by atoms with E-state index in [9.17, 15) is 22.0 Å². The summed E-state index contributed by atoms with van der Waals surface area (Å²) in [5.41, 5.74) is 0.193. The van der Waals surface area contributed by atoms with Gasteiger partial charge in [0.2, 0.25) is 10.0 Å². The highest BCUT2D eigenvalue weighted by Crippen LogP contribution is 2.36. The van der Waals surface area contributed by atoms with Gasteiger partial charge in [-0.1, -0.05) is 0 Å². The monoisotopic (exact) mass is 503 g/mol. The predicted molar refractivity (Wildman–Crippen MR) is 118 cm³/mol. The number of amides is 1. The van der Waals surface area contributed by atoms with Crippen LogP contribution in [-0.4, -0.2) is 74.7 Å². The summed E-state index contributed by atoms with van der Waals surface area (Å²) in [6, 6.07) is -0.469. The lowest BCUT2D eigenvalue weighted by Crippen LogP contribution is -2.50. The number of pyridine rings is 1. The van der Waals surface area contributed by atoms with Gasteiger partial charge in [-0.2, -0.15) is 0 Å². The van der Waals surface area contributed by atoms with Crippen molar-refractivity contribution in [3.05, 3.63) is 23.4 Å². The quantitative estimate of drug-likeness (QED) is 0.661. The van der Waals surface area contributed by atoms with E-state index >= 15 is 0 Å². The van der Waals surface area contributed by atoms with Gasteiger partial charge in [-0.05, 0) is 39.0 Å². The molecule has 0 radical (unpaired) electrons. The minimum absolute atomic E-state index is 0.0146. The molecule has 3 aliphatic heterocycles. The number of hydrogen-bond donors (Lipinski definition) is 1. The lowest BCUT2D eigenvalue weighted by molar-refractivity contribution is -0.0108. The largest absolute Gasteiger partial charge is 0.475 e. The van der Waals surface area contributed by atoms with Crippen LogP contribution in [0.25, 0.3) is 0 Å². The summed E-state index contributed by atoms with van der Waals surface area (Å²) in [5, 5.41) is 0. The normalized spacial score (nSPS) is 30.9. The molecule has 1 N–H and O–H groups in total. The van der Waals surface area contributed by atoms with Crippen LogP contribution in [0.1, 0.15) is 57.1 Å². The number of nitrogens with one attached hydrogen (secondary N) is 1. The Labute approximate surface area is 198 Å². The Bertz CT molecular complexity index is 1000. The van der Waals surface area contributed by atoms with Crippen LogP contribution in [0, 0.1) is 11.6 Å². The molecule has 0 spiro atoms. The van der Waals surface area contributed by atoms with Gasteiger partial charge >= 0.3 is 6.09 Å². The molecule has 2 fully saturated rings. The maximum Gasteiger partial charge on any atom is 0.410 e. The number of halogens is 2. The number of fused-ring (bicyclic) bond motifs is 8. The van der Waals surface area contributed by atoms with Crippen molar-refractivity contribution in [1.29, 1.82) is 0 Å². The molecule has 2 unspecified atom stereocenters. The van der Waals surface area contributed by atoms with Crippen LogP contribution in [0.2, 0.25) is 0 Å². The average molecular weight is 504 g/mol. The Hall–Kier alpha value is -2.05. The topological polar surface area (TPSA) is 107 Å². The van der Waals surface area contributed by atoms with Crippen molar-refractivity contribution < 1.29 is 36.2 Å². The van der Waals surface area contributed by atoms with Crippen molar-refractivity contribution in [2.24, 2.45) is 0 Å². The summed E-state index contributed by atoms with van der Waals surface area (Å²) >= 11 is 0. The highest BCUT2D eigenvalue weighted by molar-refractivity contribution is 7.88. The molecular formula is C22H31F2N3O6S. The maximum atomic E-state index is 14.5. The van der Waals surface area contributed by atoms with Crippen LogP contribution in [-0.2, 0) is 19.5 Å². The first-order chi connectivity index (χ1) is 16.1. The molecule has 9 nitrogen and oxygen atoms in total. The molecule has 3 atom stereocenters. The van der Waals surface area contributed by atoms with Crippen molar-refractivity contribution >= 4 is 16.1 Å². The predicted octanol–water partition coefficient (Wildman–Crippen LogP) is 2.70. The van der Waals surface area contributed by atoms with Gasteiger partial charge in [-0.15, -0.1) is 0 Å². The molecule has 190 valence electrons.